The predicted molar refractivity (Wildman–Crippen MR) is 70.7 cm³/mol. The Morgan fingerprint density at radius 2 is 2.22 bits per heavy atom. The van der Waals surface area contributed by atoms with Crippen molar-refractivity contribution in [3.05, 3.63) is 22.8 Å². The minimum absolute atomic E-state index is 0.327. The number of pyridine rings is 1. The van der Waals surface area contributed by atoms with Crippen LogP contribution in [-0.2, 0) is 4.74 Å². The molecule has 1 aromatic heterocycles. The average molecular weight is 266 g/mol. The fraction of sp³-hybridized carbons (Fsp3) is 0.538. The van der Waals surface area contributed by atoms with Crippen molar-refractivity contribution in [2.45, 2.75) is 31.8 Å². The largest absolute Gasteiger partial charge is 0.376 e. The first-order valence-corrected chi connectivity index (χ1v) is 6.59. The van der Waals surface area contributed by atoms with E-state index < -0.39 is 0 Å². The molecule has 0 bridgehead atoms. The van der Waals surface area contributed by atoms with Crippen LogP contribution in [0.2, 0.25) is 5.15 Å². The molecule has 2 rings (SSSR count). The van der Waals surface area contributed by atoms with Crippen LogP contribution in [0.4, 0.5) is 5.82 Å². The van der Waals surface area contributed by atoms with Crippen LogP contribution in [-0.4, -0.2) is 24.2 Å². The van der Waals surface area contributed by atoms with Gasteiger partial charge in [0.05, 0.1) is 24.3 Å². The van der Waals surface area contributed by atoms with Crippen LogP contribution in [0.5, 0.6) is 0 Å². The van der Waals surface area contributed by atoms with E-state index in [0.717, 1.165) is 0 Å². The fourth-order valence-electron chi connectivity index (χ4n) is 2.11. The summed E-state index contributed by atoms with van der Waals surface area (Å²) in [5.74, 6) is 0.620. The van der Waals surface area contributed by atoms with Gasteiger partial charge in [-0.1, -0.05) is 24.4 Å². The zero-order chi connectivity index (χ0) is 12.8. The summed E-state index contributed by atoms with van der Waals surface area (Å²) in [5, 5.41) is 12.3. The van der Waals surface area contributed by atoms with Crippen molar-refractivity contribution in [3.8, 4) is 6.07 Å². The molecule has 1 aliphatic rings. The number of halogens is 1. The Kier molecular flexibility index (Phi) is 4.80. The molecule has 0 spiro atoms. The molecule has 1 fully saturated rings. The van der Waals surface area contributed by atoms with Crippen molar-refractivity contribution in [1.29, 1.82) is 5.26 Å². The van der Waals surface area contributed by atoms with Crippen molar-refractivity contribution in [2.24, 2.45) is 0 Å². The molecule has 0 unspecified atom stereocenters. The number of aromatic nitrogens is 1. The molecule has 1 saturated carbocycles. The molecule has 0 amide bonds. The van der Waals surface area contributed by atoms with Gasteiger partial charge in [-0.3, -0.25) is 0 Å². The second-order valence-corrected chi connectivity index (χ2v) is 4.77. The summed E-state index contributed by atoms with van der Waals surface area (Å²) in [7, 11) is 0. The third-order valence-electron chi connectivity index (χ3n) is 2.99. The maximum atomic E-state index is 8.81. The Hall–Kier alpha value is -1.31. The summed E-state index contributed by atoms with van der Waals surface area (Å²) in [4.78, 5) is 4.10. The van der Waals surface area contributed by atoms with Crippen LogP contribution in [0.25, 0.3) is 0 Å². The lowest BCUT2D eigenvalue weighted by molar-refractivity contribution is 0.0658. The maximum absolute atomic E-state index is 8.81. The quantitative estimate of drug-likeness (QED) is 0.657. The van der Waals surface area contributed by atoms with E-state index >= 15 is 0 Å². The number of nitrogens with one attached hydrogen (secondary N) is 1. The lowest BCUT2D eigenvalue weighted by atomic mass is 10.3. The molecular formula is C13H16ClN3O. The Labute approximate surface area is 112 Å². The van der Waals surface area contributed by atoms with Gasteiger partial charge in [-0.2, -0.15) is 5.26 Å². The van der Waals surface area contributed by atoms with E-state index in [1.807, 2.05) is 6.07 Å². The minimum atomic E-state index is 0.327. The predicted octanol–water partition coefficient (Wildman–Crippen LogP) is 2.98. The number of rotatable bonds is 5. The van der Waals surface area contributed by atoms with Gasteiger partial charge in [0.1, 0.15) is 11.0 Å². The highest BCUT2D eigenvalue weighted by molar-refractivity contribution is 6.29. The van der Waals surface area contributed by atoms with E-state index in [0.29, 0.717) is 35.8 Å². The SMILES string of the molecule is N#Cc1cc(Cl)nc(NCCOC2CCCC2)c1. The Morgan fingerprint density at radius 1 is 1.44 bits per heavy atom. The maximum Gasteiger partial charge on any atom is 0.132 e. The van der Waals surface area contributed by atoms with Crippen LogP contribution in [0.1, 0.15) is 31.2 Å². The number of hydrogen-bond donors (Lipinski definition) is 1. The third-order valence-corrected chi connectivity index (χ3v) is 3.18. The number of ether oxygens (including phenoxy) is 1. The number of anilines is 1. The first-order valence-electron chi connectivity index (χ1n) is 6.21. The van der Waals surface area contributed by atoms with Gasteiger partial charge in [0.2, 0.25) is 0 Å². The van der Waals surface area contributed by atoms with Gasteiger partial charge in [-0.25, -0.2) is 4.98 Å². The van der Waals surface area contributed by atoms with E-state index in [2.05, 4.69) is 10.3 Å². The highest BCUT2D eigenvalue weighted by Gasteiger charge is 2.14. The van der Waals surface area contributed by atoms with E-state index in [1.165, 1.54) is 25.7 Å². The van der Waals surface area contributed by atoms with Crippen molar-refractivity contribution in [2.75, 3.05) is 18.5 Å². The second kappa shape index (κ2) is 6.58. The molecule has 1 aromatic rings. The molecule has 0 radical (unpaired) electrons. The molecule has 1 N–H and O–H groups in total. The summed E-state index contributed by atoms with van der Waals surface area (Å²) in [6.07, 6.45) is 5.33. The van der Waals surface area contributed by atoms with E-state index in [4.69, 9.17) is 21.6 Å². The first kappa shape index (κ1) is 13.1. The number of nitriles is 1. The summed E-state index contributed by atoms with van der Waals surface area (Å²) in [6.45, 7) is 1.33. The lowest BCUT2D eigenvalue weighted by Gasteiger charge is -2.11. The first-order chi connectivity index (χ1) is 8.78. The lowest BCUT2D eigenvalue weighted by Crippen LogP contribution is -2.15. The molecule has 0 aliphatic heterocycles. The molecule has 0 atom stereocenters. The van der Waals surface area contributed by atoms with Gasteiger partial charge in [-0.15, -0.1) is 0 Å². The summed E-state index contributed by atoms with van der Waals surface area (Å²) in [6, 6.07) is 5.27. The van der Waals surface area contributed by atoms with Crippen LogP contribution >= 0.6 is 11.6 Å². The summed E-state index contributed by atoms with van der Waals surface area (Å²) in [5.41, 5.74) is 0.509. The summed E-state index contributed by atoms with van der Waals surface area (Å²) >= 11 is 5.81. The van der Waals surface area contributed by atoms with Crippen LogP contribution in [0.15, 0.2) is 12.1 Å². The average Bonchev–Trinajstić information content (AvgIpc) is 2.87. The van der Waals surface area contributed by atoms with Gasteiger partial charge in [0.15, 0.2) is 0 Å². The van der Waals surface area contributed by atoms with Gasteiger partial charge < -0.3 is 10.1 Å². The Balaban J connectivity index is 1.75. The molecule has 18 heavy (non-hydrogen) atoms. The number of nitrogens with zero attached hydrogens (tertiary/aromatic N) is 2. The molecular weight excluding hydrogens is 250 g/mol. The van der Waals surface area contributed by atoms with Crippen molar-refractivity contribution in [3.63, 3.8) is 0 Å². The van der Waals surface area contributed by atoms with Crippen molar-refractivity contribution >= 4 is 17.4 Å². The molecule has 1 heterocycles. The Morgan fingerprint density at radius 3 is 2.94 bits per heavy atom. The topological polar surface area (TPSA) is 57.9 Å². The van der Waals surface area contributed by atoms with Gasteiger partial charge >= 0.3 is 0 Å². The zero-order valence-electron chi connectivity index (χ0n) is 10.2. The molecule has 0 saturated heterocycles. The minimum Gasteiger partial charge on any atom is -0.376 e. The highest BCUT2D eigenvalue weighted by Crippen LogP contribution is 2.20. The highest BCUT2D eigenvalue weighted by atomic mass is 35.5. The fourth-order valence-corrected chi connectivity index (χ4v) is 2.32. The van der Waals surface area contributed by atoms with Gasteiger partial charge in [-0.05, 0) is 25.0 Å². The monoisotopic (exact) mass is 265 g/mol. The third kappa shape index (κ3) is 3.86. The molecule has 4 nitrogen and oxygen atoms in total. The van der Waals surface area contributed by atoms with Crippen LogP contribution in [0.3, 0.4) is 0 Å². The summed E-state index contributed by atoms with van der Waals surface area (Å²) < 4.78 is 5.72. The van der Waals surface area contributed by atoms with E-state index in [1.54, 1.807) is 12.1 Å². The van der Waals surface area contributed by atoms with Crippen LogP contribution in [0, 0.1) is 11.3 Å². The standard InChI is InChI=1S/C13H16ClN3O/c14-12-7-10(9-15)8-13(17-12)16-5-6-18-11-3-1-2-4-11/h7-8,11H,1-6H2,(H,16,17). The molecule has 0 aromatic carbocycles. The van der Waals surface area contributed by atoms with E-state index in [-0.39, 0.29) is 0 Å². The zero-order valence-corrected chi connectivity index (χ0v) is 10.9. The Bertz CT molecular complexity index is 438. The molecule has 1 aliphatic carbocycles. The molecule has 96 valence electrons. The van der Waals surface area contributed by atoms with Crippen molar-refractivity contribution in [1.82, 2.24) is 4.98 Å². The van der Waals surface area contributed by atoms with Crippen LogP contribution < -0.4 is 5.32 Å². The smallest absolute Gasteiger partial charge is 0.132 e. The van der Waals surface area contributed by atoms with Gasteiger partial charge in [0.25, 0.3) is 0 Å². The van der Waals surface area contributed by atoms with Gasteiger partial charge in [0, 0.05) is 6.54 Å². The van der Waals surface area contributed by atoms with Crippen molar-refractivity contribution < 1.29 is 4.74 Å². The van der Waals surface area contributed by atoms with E-state index in [9.17, 15) is 0 Å². The second-order valence-electron chi connectivity index (χ2n) is 4.38. The normalized spacial score (nSPS) is 15.6. The molecule has 5 heteroatoms. The number of hydrogen-bond acceptors (Lipinski definition) is 4.